The Morgan fingerprint density at radius 3 is 2.76 bits per heavy atom. The molecule has 0 unspecified atom stereocenters. The number of nitro groups is 1. The van der Waals surface area contributed by atoms with Crippen LogP contribution in [0.3, 0.4) is 0 Å². The summed E-state index contributed by atoms with van der Waals surface area (Å²) in [5, 5.41) is 15.4. The fourth-order valence-corrected chi connectivity index (χ4v) is 3.29. The molecular weight excluding hydrogens is 372 g/mol. The van der Waals surface area contributed by atoms with E-state index in [-0.39, 0.29) is 22.1 Å². The third kappa shape index (κ3) is 3.08. The molecule has 2 heterocycles. The predicted molar refractivity (Wildman–Crippen MR) is 88.8 cm³/mol. The molecule has 0 saturated carbocycles. The monoisotopic (exact) mass is 380 g/mol. The van der Waals surface area contributed by atoms with Crippen molar-refractivity contribution in [2.45, 2.75) is 5.88 Å². The summed E-state index contributed by atoms with van der Waals surface area (Å²) in [5.74, 6) is -2.08. The smallest absolute Gasteiger partial charge is 0.282 e. The number of nitro benzene ring substituents is 1. The molecule has 0 spiro atoms. The van der Waals surface area contributed by atoms with Gasteiger partial charge in [0.2, 0.25) is 5.91 Å². The van der Waals surface area contributed by atoms with E-state index in [2.05, 4.69) is 10.3 Å². The number of thiazole rings is 1. The van der Waals surface area contributed by atoms with E-state index in [1.165, 1.54) is 12.1 Å². The van der Waals surface area contributed by atoms with Crippen LogP contribution in [0, 0.1) is 10.1 Å². The van der Waals surface area contributed by atoms with Crippen LogP contribution >= 0.6 is 22.9 Å². The topological polar surface area (TPSA) is 123 Å². The van der Waals surface area contributed by atoms with Crippen molar-refractivity contribution in [3.63, 3.8) is 0 Å². The predicted octanol–water partition coefficient (Wildman–Crippen LogP) is 2.02. The van der Waals surface area contributed by atoms with Gasteiger partial charge in [-0.05, 0) is 6.07 Å². The number of hydrogen-bond donors (Lipinski definition) is 1. The Kier molecular flexibility index (Phi) is 4.47. The fourth-order valence-electron chi connectivity index (χ4n) is 2.34. The van der Waals surface area contributed by atoms with E-state index in [9.17, 15) is 24.5 Å². The molecule has 1 N–H and O–H groups in total. The number of benzene rings is 1. The van der Waals surface area contributed by atoms with Crippen molar-refractivity contribution in [3.8, 4) is 0 Å². The Morgan fingerprint density at radius 1 is 1.36 bits per heavy atom. The van der Waals surface area contributed by atoms with Crippen LogP contribution in [0.2, 0.25) is 0 Å². The average Bonchev–Trinajstić information content (AvgIpc) is 3.13. The van der Waals surface area contributed by atoms with Crippen LogP contribution in [-0.2, 0) is 10.7 Å². The lowest BCUT2D eigenvalue weighted by Gasteiger charge is -2.12. The van der Waals surface area contributed by atoms with Crippen molar-refractivity contribution in [1.29, 1.82) is 0 Å². The molecule has 0 fully saturated rings. The van der Waals surface area contributed by atoms with E-state index < -0.39 is 34.9 Å². The first-order valence-electron chi connectivity index (χ1n) is 6.86. The van der Waals surface area contributed by atoms with E-state index in [1.807, 2.05) is 0 Å². The molecule has 0 bridgehead atoms. The third-order valence-electron chi connectivity index (χ3n) is 3.41. The molecule has 3 amide bonds. The summed E-state index contributed by atoms with van der Waals surface area (Å²) in [6.07, 6.45) is 0. The number of aromatic nitrogens is 1. The van der Waals surface area contributed by atoms with Crippen molar-refractivity contribution in [1.82, 2.24) is 9.88 Å². The molecule has 1 aliphatic heterocycles. The summed E-state index contributed by atoms with van der Waals surface area (Å²) in [5.41, 5.74) is -0.279. The van der Waals surface area contributed by atoms with Gasteiger partial charge in [0, 0.05) is 11.4 Å². The fraction of sp³-hybridized carbons (Fsp3) is 0.143. The molecule has 0 radical (unpaired) electrons. The highest BCUT2D eigenvalue weighted by Gasteiger charge is 2.41. The number of hydrogen-bond acceptors (Lipinski definition) is 7. The minimum absolute atomic E-state index is 0.0920. The zero-order chi connectivity index (χ0) is 18.1. The summed E-state index contributed by atoms with van der Waals surface area (Å²) < 4.78 is 0. The number of carbonyl (C=O) groups is 3. The number of halogens is 1. The summed E-state index contributed by atoms with van der Waals surface area (Å²) in [7, 11) is 0. The highest BCUT2D eigenvalue weighted by atomic mass is 35.5. The quantitative estimate of drug-likeness (QED) is 0.366. The van der Waals surface area contributed by atoms with Crippen LogP contribution in [-0.4, -0.2) is 39.1 Å². The Balaban J connectivity index is 1.79. The summed E-state index contributed by atoms with van der Waals surface area (Å²) >= 11 is 6.77. The van der Waals surface area contributed by atoms with Crippen LogP contribution in [0.25, 0.3) is 0 Å². The van der Waals surface area contributed by atoms with E-state index in [4.69, 9.17) is 11.6 Å². The van der Waals surface area contributed by atoms with Gasteiger partial charge in [0.1, 0.15) is 12.1 Å². The number of rotatable bonds is 5. The molecule has 1 aromatic carbocycles. The zero-order valence-electron chi connectivity index (χ0n) is 12.4. The van der Waals surface area contributed by atoms with E-state index in [0.29, 0.717) is 10.6 Å². The summed E-state index contributed by atoms with van der Waals surface area (Å²) in [6.45, 7) is -0.570. The van der Waals surface area contributed by atoms with Crippen LogP contribution < -0.4 is 5.32 Å². The highest BCUT2D eigenvalue weighted by molar-refractivity contribution is 7.14. The molecule has 25 heavy (non-hydrogen) atoms. The van der Waals surface area contributed by atoms with Gasteiger partial charge in [-0.1, -0.05) is 6.07 Å². The number of amides is 3. The highest BCUT2D eigenvalue weighted by Crippen LogP contribution is 2.30. The van der Waals surface area contributed by atoms with Gasteiger partial charge in [-0.3, -0.25) is 29.4 Å². The number of nitrogens with one attached hydrogen (secondary N) is 1. The van der Waals surface area contributed by atoms with Crippen LogP contribution in [0.1, 0.15) is 26.4 Å². The molecule has 128 valence electrons. The molecule has 0 aliphatic carbocycles. The zero-order valence-corrected chi connectivity index (χ0v) is 14.0. The van der Waals surface area contributed by atoms with Crippen molar-refractivity contribution in [2.24, 2.45) is 0 Å². The Morgan fingerprint density at radius 2 is 2.12 bits per heavy atom. The van der Waals surface area contributed by atoms with Gasteiger partial charge in [0.05, 0.1) is 22.1 Å². The molecule has 1 aromatic heterocycles. The molecule has 1 aliphatic rings. The first kappa shape index (κ1) is 17.0. The van der Waals surface area contributed by atoms with Crippen molar-refractivity contribution < 1.29 is 19.3 Å². The first-order chi connectivity index (χ1) is 11.9. The maximum Gasteiger partial charge on any atom is 0.282 e. The number of carbonyl (C=O) groups excluding carboxylic acids is 3. The van der Waals surface area contributed by atoms with E-state index in [0.717, 1.165) is 17.4 Å². The number of imide groups is 1. The minimum Gasteiger partial charge on any atom is -0.300 e. The lowest BCUT2D eigenvalue weighted by Crippen LogP contribution is -2.37. The van der Waals surface area contributed by atoms with Gasteiger partial charge in [-0.25, -0.2) is 4.98 Å². The molecule has 11 heteroatoms. The lowest BCUT2D eigenvalue weighted by atomic mass is 10.1. The van der Waals surface area contributed by atoms with Gasteiger partial charge in [-0.15, -0.1) is 22.9 Å². The maximum atomic E-state index is 12.4. The van der Waals surface area contributed by atoms with Crippen molar-refractivity contribution >= 4 is 51.5 Å². The Hall–Kier alpha value is -2.85. The second-order valence-corrected chi connectivity index (χ2v) is 6.10. The first-order valence-corrected chi connectivity index (χ1v) is 8.27. The average molecular weight is 381 g/mol. The SMILES string of the molecule is O=C(CN1C(=O)c2cccc([N+](=O)[O-])c2C1=O)Nc1nc(CCl)cs1. The second-order valence-electron chi connectivity index (χ2n) is 4.98. The number of fused-ring (bicyclic) bond motifs is 1. The molecular formula is C14H9ClN4O5S. The lowest BCUT2D eigenvalue weighted by molar-refractivity contribution is -0.385. The number of nitrogens with zero attached hydrogens (tertiary/aromatic N) is 3. The molecule has 2 aromatic rings. The summed E-state index contributed by atoms with van der Waals surface area (Å²) in [6, 6.07) is 3.76. The van der Waals surface area contributed by atoms with Gasteiger partial charge in [0.25, 0.3) is 17.5 Å². The van der Waals surface area contributed by atoms with Crippen molar-refractivity contribution in [3.05, 3.63) is 50.5 Å². The molecule has 3 rings (SSSR count). The summed E-state index contributed by atoms with van der Waals surface area (Å²) in [4.78, 5) is 51.7. The molecule has 9 nitrogen and oxygen atoms in total. The third-order valence-corrected chi connectivity index (χ3v) is 4.49. The largest absolute Gasteiger partial charge is 0.300 e. The van der Waals surface area contributed by atoms with Crippen LogP contribution in [0.5, 0.6) is 0 Å². The molecule has 0 atom stereocenters. The van der Waals surface area contributed by atoms with E-state index >= 15 is 0 Å². The van der Waals surface area contributed by atoms with E-state index in [1.54, 1.807) is 5.38 Å². The van der Waals surface area contributed by atoms with Crippen molar-refractivity contribution in [2.75, 3.05) is 11.9 Å². The second kappa shape index (κ2) is 6.57. The van der Waals surface area contributed by atoms with Gasteiger partial charge < -0.3 is 5.32 Å². The van der Waals surface area contributed by atoms with Gasteiger partial charge in [0.15, 0.2) is 5.13 Å². The normalized spacial score (nSPS) is 13.1. The minimum atomic E-state index is -0.872. The maximum absolute atomic E-state index is 12.4. The Labute approximate surface area is 149 Å². The van der Waals surface area contributed by atoms with Crippen LogP contribution in [0.15, 0.2) is 23.6 Å². The van der Waals surface area contributed by atoms with Gasteiger partial charge >= 0.3 is 0 Å². The van der Waals surface area contributed by atoms with Crippen LogP contribution in [0.4, 0.5) is 10.8 Å². The number of alkyl halides is 1. The van der Waals surface area contributed by atoms with Gasteiger partial charge in [-0.2, -0.15) is 0 Å². The number of anilines is 1. The molecule has 0 saturated heterocycles. The Bertz CT molecular complexity index is 912. The standard InChI is InChI=1S/C14H9ClN4O5S/c15-4-7-6-25-14(16-7)17-10(20)5-18-12(21)8-2-1-3-9(19(23)24)11(8)13(18)22/h1-3,6H,4-5H2,(H,16,17,20).